The maximum absolute atomic E-state index is 6.20. The third kappa shape index (κ3) is 5.14. The summed E-state index contributed by atoms with van der Waals surface area (Å²) in [4.78, 5) is 4.05. The third-order valence-corrected chi connectivity index (χ3v) is 4.00. The van der Waals surface area contributed by atoms with Crippen LogP contribution in [0, 0.1) is 0 Å². The molecule has 1 unspecified atom stereocenters. The van der Waals surface area contributed by atoms with Crippen molar-refractivity contribution in [2.45, 2.75) is 38.6 Å². The molecule has 0 saturated carbocycles. The van der Waals surface area contributed by atoms with Crippen LogP contribution in [0.4, 0.5) is 0 Å². The normalized spacial score (nSPS) is 12.6. The number of hydrogen-bond acceptors (Lipinski definition) is 2. The molecular formula is C18H23ClN2. The molecule has 2 nitrogen and oxygen atoms in total. The van der Waals surface area contributed by atoms with Gasteiger partial charge in [0.15, 0.2) is 0 Å². The van der Waals surface area contributed by atoms with Gasteiger partial charge in [-0.25, -0.2) is 0 Å². The molecule has 1 heterocycles. The van der Waals surface area contributed by atoms with Crippen molar-refractivity contribution in [1.82, 2.24) is 10.3 Å². The highest BCUT2D eigenvalue weighted by Gasteiger charge is 2.13. The number of benzene rings is 1. The van der Waals surface area contributed by atoms with E-state index in [4.69, 9.17) is 11.6 Å². The Kier molecular flexibility index (Phi) is 6.21. The number of aromatic nitrogens is 1. The Morgan fingerprint density at radius 3 is 2.57 bits per heavy atom. The van der Waals surface area contributed by atoms with E-state index in [-0.39, 0.29) is 0 Å². The predicted molar refractivity (Wildman–Crippen MR) is 89.9 cm³/mol. The Hall–Kier alpha value is -1.38. The Morgan fingerprint density at radius 1 is 1.14 bits per heavy atom. The van der Waals surface area contributed by atoms with E-state index in [1.165, 1.54) is 11.1 Å². The number of halogens is 1. The maximum Gasteiger partial charge on any atom is 0.0621 e. The van der Waals surface area contributed by atoms with E-state index in [1.54, 1.807) is 6.20 Å². The first kappa shape index (κ1) is 16.0. The molecule has 0 aliphatic rings. The highest BCUT2D eigenvalue weighted by molar-refractivity contribution is 6.31. The average molecular weight is 303 g/mol. The molecule has 0 aliphatic carbocycles. The standard InChI is InChI=1S/C18H23ClN2/c1-14(2)21-12-17(15-6-4-3-5-7-15)9-8-16-10-11-20-13-18(16)19/h3-7,10-11,13-14,17,21H,8-9,12H2,1-2H3. The summed E-state index contributed by atoms with van der Waals surface area (Å²) in [5.74, 6) is 0.498. The third-order valence-electron chi connectivity index (χ3n) is 3.66. The Balaban J connectivity index is 2.04. The van der Waals surface area contributed by atoms with Crippen molar-refractivity contribution in [1.29, 1.82) is 0 Å². The van der Waals surface area contributed by atoms with Crippen molar-refractivity contribution in [3.63, 3.8) is 0 Å². The number of rotatable bonds is 7. The quantitative estimate of drug-likeness (QED) is 0.817. The highest BCUT2D eigenvalue weighted by atomic mass is 35.5. The molecule has 2 rings (SSSR count). The van der Waals surface area contributed by atoms with Gasteiger partial charge in [-0.15, -0.1) is 0 Å². The Bertz CT molecular complexity index is 540. The van der Waals surface area contributed by atoms with Crippen LogP contribution in [0.15, 0.2) is 48.8 Å². The zero-order valence-electron chi connectivity index (χ0n) is 12.7. The minimum absolute atomic E-state index is 0.498. The lowest BCUT2D eigenvalue weighted by Crippen LogP contribution is -2.28. The molecule has 1 atom stereocenters. The van der Waals surface area contributed by atoms with Crippen LogP contribution in [0.2, 0.25) is 5.02 Å². The first-order chi connectivity index (χ1) is 10.2. The minimum atomic E-state index is 0.498. The van der Waals surface area contributed by atoms with Crippen molar-refractivity contribution in [2.75, 3.05) is 6.54 Å². The van der Waals surface area contributed by atoms with Gasteiger partial charge in [-0.05, 0) is 36.0 Å². The van der Waals surface area contributed by atoms with Crippen LogP contribution in [0.1, 0.15) is 37.3 Å². The molecule has 1 N–H and O–H groups in total. The van der Waals surface area contributed by atoms with E-state index in [0.29, 0.717) is 12.0 Å². The van der Waals surface area contributed by atoms with Gasteiger partial charge in [0.2, 0.25) is 0 Å². The Labute approximate surface area is 132 Å². The molecule has 0 fully saturated rings. The molecular weight excluding hydrogens is 280 g/mol. The fraction of sp³-hybridized carbons (Fsp3) is 0.389. The average Bonchev–Trinajstić information content (AvgIpc) is 2.49. The van der Waals surface area contributed by atoms with E-state index < -0.39 is 0 Å². The Morgan fingerprint density at radius 2 is 1.90 bits per heavy atom. The summed E-state index contributed by atoms with van der Waals surface area (Å²) < 4.78 is 0. The topological polar surface area (TPSA) is 24.9 Å². The molecule has 0 radical (unpaired) electrons. The van der Waals surface area contributed by atoms with Gasteiger partial charge < -0.3 is 5.32 Å². The van der Waals surface area contributed by atoms with Gasteiger partial charge in [0.05, 0.1) is 5.02 Å². The number of aryl methyl sites for hydroxylation is 1. The molecule has 1 aromatic heterocycles. The molecule has 21 heavy (non-hydrogen) atoms. The van der Waals surface area contributed by atoms with Crippen molar-refractivity contribution in [3.05, 3.63) is 64.9 Å². The van der Waals surface area contributed by atoms with Gasteiger partial charge in [-0.1, -0.05) is 55.8 Å². The van der Waals surface area contributed by atoms with Crippen LogP contribution in [-0.2, 0) is 6.42 Å². The van der Waals surface area contributed by atoms with Gasteiger partial charge in [0.25, 0.3) is 0 Å². The largest absolute Gasteiger partial charge is 0.314 e. The van der Waals surface area contributed by atoms with Crippen molar-refractivity contribution < 1.29 is 0 Å². The molecule has 0 bridgehead atoms. The maximum atomic E-state index is 6.20. The number of nitrogens with zero attached hydrogens (tertiary/aromatic N) is 1. The van der Waals surface area contributed by atoms with Crippen LogP contribution >= 0.6 is 11.6 Å². The summed E-state index contributed by atoms with van der Waals surface area (Å²) in [5.41, 5.74) is 2.56. The van der Waals surface area contributed by atoms with Gasteiger partial charge >= 0.3 is 0 Å². The smallest absolute Gasteiger partial charge is 0.0621 e. The van der Waals surface area contributed by atoms with Gasteiger partial charge in [-0.2, -0.15) is 0 Å². The molecule has 2 aromatic rings. The summed E-state index contributed by atoms with van der Waals surface area (Å²) in [7, 11) is 0. The summed E-state index contributed by atoms with van der Waals surface area (Å²) in [6.07, 6.45) is 5.58. The first-order valence-electron chi connectivity index (χ1n) is 7.53. The van der Waals surface area contributed by atoms with Crippen LogP contribution in [0.25, 0.3) is 0 Å². The van der Waals surface area contributed by atoms with Crippen LogP contribution in [0.5, 0.6) is 0 Å². The SMILES string of the molecule is CC(C)NCC(CCc1ccncc1Cl)c1ccccc1. The molecule has 0 aliphatic heterocycles. The zero-order valence-corrected chi connectivity index (χ0v) is 13.5. The second-order valence-electron chi connectivity index (χ2n) is 5.68. The van der Waals surface area contributed by atoms with E-state index in [2.05, 4.69) is 54.5 Å². The lowest BCUT2D eigenvalue weighted by Gasteiger charge is -2.20. The zero-order chi connectivity index (χ0) is 15.1. The van der Waals surface area contributed by atoms with Crippen LogP contribution < -0.4 is 5.32 Å². The monoisotopic (exact) mass is 302 g/mol. The fourth-order valence-corrected chi connectivity index (χ4v) is 2.64. The van der Waals surface area contributed by atoms with Gasteiger partial charge in [-0.3, -0.25) is 4.98 Å². The molecule has 0 amide bonds. The number of pyridine rings is 1. The fourth-order valence-electron chi connectivity index (χ4n) is 2.43. The second-order valence-corrected chi connectivity index (χ2v) is 6.08. The molecule has 3 heteroatoms. The van der Waals surface area contributed by atoms with Gasteiger partial charge in [0, 0.05) is 25.0 Å². The van der Waals surface area contributed by atoms with Crippen LogP contribution in [-0.4, -0.2) is 17.6 Å². The van der Waals surface area contributed by atoms with E-state index >= 15 is 0 Å². The summed E-state index contributed by atoms with van der Waals surface area (Å²) in [5, 5.41) is 4.31. The summed E-state index contributed by atoms with van der Waals surface area (Å²) in [6.45, 7) is 5.36. The summed E-state index contributed by atoms with van der Waals surface area (Å²) >= 11 is 6.20. The molecule has 1 aromatic carbocycles. The lowest BCUT2D eigenvalue weighted by molar-refractivity contribution is 0.508. The molecule has 112 valence electrons. The minimum Gasteiger partial charge on any atom is -0.314 e. The van der Waals surface area contributed by atoms with Crippen LogP contribution in [0.3, 0.4) is 0 Å². The first-order valence-corrected chi connectivity index (χ1v) is 7.91. The number of hydrogen-bond donors (Lipinski definition) is 1. The summed E-state index contributed by atoms with van der Waals surface area (Å²) in [6, 6.07) is 13.2. The lowest BCUT2D eigenvalue weighted by atomic mass is 9.92. The van der Waals surface area contributed by atoms with E-state index in [9.17, 15) is 0 Å². The van der Waals surface area contributed by atoms with Crippen molar-refractivity contribution in [3.8, 4) is 0 Å². The van der Waals surface area contributed by atoms with Crippen molar-refractivity contribution in [2.24, 2.45) is 0 Å². The predicted octanol–water partition coefficient (Wildman–Crippen LogP) is 4.45. The van der Waals surface area contributed by atoms with E-state index in [0.717, 1.165) is 24.4 Å². The van der Waals surface area contributed by atoms with Crippen molar-refractivity contribution >= 4 is 11.6 Å². The molecule has 0 saturated heterocycles. The highest BCUT2D eigenvalue weighted by Crippen LogP contribution is 2.23. The molecule has 0 spiro atoms. The second kappa shape index (κ2) is 8.16. The van der Waals surface area contributed by atoms with Gasteiger partial charge in [0.1, 0.15) is 0 Å². The number of nitrogens with one attached hydrogen (secondary N) is 1. The van der Waals surface area contributed by atoms with E-state index in [1.807, 2.05) is 12.3 Å².